The Kier molecular flexibility index (Phi) is 10.7. The average Bonchev–Trinajstić information content (AvgIpc) is 2.91. The number of nitrogens with zero attached hydrogens (tertiary/aromatic N) is 6. The van der Waals surface area contributed by atoms with Crippen LogP contribution in [0.2, 0.25) is 0 Å². The minimum absolute atomic E-state index is 0.0163. The van der Waals surface area contributed by atoms with Crippen LogP contribution >= 0.6 is 0 Å². The van der Waals surface area contributed by atoms with Crippen molar-refractivity contribution in [3.8, 4) is 0 Å². The number of benzene rings is 2. The van der Waals surface area contributed by atoms with E-state index in [-0.39, 0.29) is 28.4 Å². The second-order valence-corrected chi connectivity index (χ2v) is 12.3. The van der Waals surface area contributed by atoms with Gasteiger partial charge in [-0.25, -0.2) is 0 Å². The van der Waals surface area contributed by atoms with Crippen molar-refractivity contribution in [2.24, 2.45) is 0 Å². The van der Waals surface area contributed by atoms with Crippen molar-refractivity contribution >= 4 is 65.5 Å². The summed E-state index contributed by atoms with van der Waals surface area (Å²) in [5.74, 6) is -0.833. The van der Waals surface area contributed by atoms with Gasteiger partial charge in [0.05, 0.1) is 16.3 Å². The molecule has 0 amide bonds. The van der Waals surface area contributed by atoms with Crippen LogP contribution in [0.3, 0.4) is 0 Å². The van der Waals surface area contributed by atoms with Gasteiger partial charge in [-0.1, -0.05) is 12.1 Å². The van der Waals surface area contributed by atoms with Crippen molar-refractivity contribution in [3.63, 3.8) is 0 Å². The van der Waals surface area contributed by atoms with E-state index in [1.807, 2.05) is 0 Å². The van der Waals surface area contributed by atoms with E-state index < -0.39 is 63.9 Å². The van der Waals surface area contributed by atoms with Crippen molar-refractivity contribution in [2.75, 3.05) is 34.9 Å². The van der Waals surface area contributed by atoms with Gasteiger partial charge in [0.1, 0.15) is 9.79 Å². The molecular formula is C21H22F2N10O9S3. The first-order valence-corrected chi connectivity index (χ1v) is 16.2. The molecule has 242 valence electrons. The van der Waals surface area contributed by atoms with Gasteiger partial charge < -0.3 is 21.3 Å². The highest BCUT2D eigenvalue weighted by Gasteiger charge is 2.21. The van der Waals surface area contributed by atoms with Crippen LogP contribution in [0.25, 0.3) is 0 Å². The third-order valence-electron chi connectivity index (χ3n) is 4.96. The van der Waals surface area contributed by atoms with Gasteiger partial charge in [-0.2, -0.15) is 63.9 Å². The van der Waals surface area contributed by atoms with Crippen molar-refractivity contribution in [2.45, 2.75) is 21.6 Å². The summed E-state index contributed by atoms with van der Waals surface area (Å²) in [4.78, 5) is 19.2. The van der Waals surface area contributed by atoms with E-state index in [0.29, 0.717) is 12.6 Å². The van der Waals surface area contributed by atoms with Crippen LogP contribution in [0, 0.1) is 12.2 Å². The maximum atomic E-state index is 13.4. The van der Waals surface area contributed by atoms with Gasteiger partial charge in [0.2, 0.25) is 23.8 Å². The normalized spacial score (nSPS) is 11.6. The molecule has 0 unspecified atom stereocenters. The molecule has 0 bridgehead atoms. The molecular weight excluding hydrogens is 670 g/mol. The standard InChI is InChI=1S/C11H12FN5O6S2.C10H10FN5O3S/c1-2-13-10-15-9(12)16-11(17-10)14-7-5-6(24(18,19)20)3-4-8(7)25(21,22)23;1-12-9-14-8(11)15-10(16-9)13-6-4-2-3-5-7(6)20(17,18)19/h3-5H,2H2,1H3,(H,18,19,20)(H,21,22,23)(H2,13,14,15,16,17);2-5H,1H3,(H,17,18,19)(H2,12,13,14,15,16). The molecule has 0 radical (unpaired) electrons. The zero-order chi connectivity index (χ0) is 33.6. The number of nitrogens with one attached hydrogen (secondary N) is 4. The van der Waals surface area contributed by atoms with Gasteiger partial charge in [0, 0.05) is 13.6 Å². The summed E-state index contributed by atoms with van der Waals surface area (Å²) in [5, 5.41) is 9.93. The lowest BCUT2D eigenvalue weighted by Gasteiger charge is -2.11. The van der Waals surface area contributed by atoms with Crippen molar-refractivity contribution < 1.29 is 47.7 Å². The second-order valence-electron chi connectivity index (χ2n) is 8.11. The molecule has 19 nitrogen and oxygen atoms in total. The van der Waals surface area contributed by atoms with Crippen LogP contribution in [-0.4, -0.2) is 82.4 Å². The Hall–Kier alpha value is -4.75. The van der Waals surface area contributed by atoms with E-state index in [1.165, 1.54) is 31.3 Å². The minimum atomic E-state index is -4.77. The molecule has 0 saturated heterocycles. The summed E-state index contributed by atoms with van der Waals surface area (Å²) in [6, 6.07) is 7.76. The van der Waals surface area contributed by atoms with Crippen molar-refractivity contribution in [1.29, 1.82) is 0 Å². The fraction of sp³-hybridized carbons (Fsp3) is 0.143. The lowest BCUT2D eigenvalue weighted by atomic mass is 10.3. The molecule has 2 heterocycles. The first kappa shape index (κ1) is 34.7. The fourth-order valence-electron chi connectivity index (χ4n) is 3.19. The summed E-state index contributed by atoms with van der Waals surface area (Å²) in [7, 11) is -12.4. The van der Waals surface area contributed by atoms with E-state index in [1.54, 1.807) is 6.92 Å². The smallest absolute Gasteiger partial charge is 0.315 e. The van der Waals surface area contributed by atoms with Gasteiger partial charge in [0.25, 0.3) is 30.4 Å². The third-order valence-corrected chi connectivity index (χ3v) is 7.63. The SMILES string of the molecule is CCNc1nc(F)nc(Nc2cc(S(=O)(=O)O)ccc2S(=O)(=O)O)n1.CNc1nc(F)nc(Nc2ccccc2S(=O)(=O)O)n1. The third kappa shape index (κ3) is 9.88. The number of hydrogen-bond acceptors (Lipinski definition) is 16. The van der Waals surface area contributed by atoms with Crippen LogP contribution in [0.15, 0.2) is 57.2 Å². The maximum Gasteiger partial charge on any atom is 0.315 e. The van der Waals surface area contributed by atoms with Crippen LogP contribution in [0.4, 0.5) is 43.9 Å². The summed E-state index contributed by atoms with van der Waals surface area (Å²) in [5.41, 5.74) is -0.478. The molecule has 0 spiro atoms. The second kappa shape index (κ2) is 13.9. The zero-order valence-electron chi connectivity index (χ0n) is 22.7. The Morgan fingerprint density at radius 2 is 1.13 bits per heavy atom. The Morgan fingerprint density at radius 3 is 1.67 bits per heavy atom. The van der Waals surface area contributed by atoms with Crippen molar-refractivity contribution in [3.05, 3.63) is 54.6 Å². The summed E-state index contributed by atoms with van der Waals surface area (Å²) in [6.07, 6.45) is -2.22. The molecule has 2 aromatic heterocycles. The largest absolute Gasteiger partial charge is 0.357 e. The zero-order valence-corrected chi connectivity index (χ0v) is 25.2. The summed E-state index contributed by atoms with van der Waals surface area (Å²) in [6.45, 7) is 2.05. The first-order chi connectivity index (χ1) is 20.9. The first-order valence-electron chi connectivity index (χ1n) is 11.8. The predicted octanol–water partition coefficient (Wildman–Crippen LogP) is 1.72. The molecule has 0 aliphatic heterocycles. The van der Waals surface area contributed by atoms with E-state index in [2.05, 4.69) is 51.2 Å². The number of hydrogen-bond donors (Lipinski definition) is 7. The number of rotatable bonds is 10. The van der Waals surface area contributed by atoms with Crippen LogP contribution in [0.1, 0.15) is 6.92 Å². The molecule has 24 heteroatoms. The molecule has 4 aromatic rings. The van der Waals surface area contributed by atoms with E-state index >= 15 is 0 Å². The lowest BCUT2D eigenvalue weighted by molar-refractivity contribution is 0.479. The Morgan fingerprint density at radius 1 is 0.644 bits per heavy atom. The van der Waals surface area contributed by atoms with Gasteiger partial charge in [0.15, 0.2) is 0 Å². The average molecular weight is 693 g/mol. The topological polar surface area (TPSA) is 289 Å². The van der Waals surface area contributed by atoms with Crippen molar-refractivity contribution in [1.82, 2.24) is 29.9 Å². The van der Waals surface area contributed by atoms with Crippen LogP contribution < -0.4 is 21.3 Å². The molecule has 45 heavy (non-hydrogen) atoms. The highest BCUT2D eigenvalue weighted by atomic mass is 32.2. The quantitative estimate of drug-likeness (QED) is 0.116. The number of para-hydroxylation sites is 1. The predicted molar refractivity (Wildman–Crippen MR) is 152 cm³/mol. The molecule has 0 aliphatic carbocycles. The molecule has 4 rings (SSSR count). The van der Waals surface area contributed by atoms with Gasteiger partial charge in [-0.15, -0.1) is 0 Å². The summed E-state index contributed by atoms with van der Waals surface area (Å²) >= 11 is 0. The van der Waals surface area contributed by atoms with E-state index in [9.17, 15) is 38.6 Å². The molecule has 2 aromatic carbocycles. The Balaban J connectivity index is 0.000000251. The Bertz CT molecular complexity index is 2040. The molecule has 0 aliphatic rings. The van der Waals surface area contributed by atoms with Gasteiger partial charge >= 0.3 is 12.2 Å². The van der Waals surface area contributed by atoms with Crippen LogP contribution in [-0.2, 0) is 30.4 Å². The molecule has 0 fully saturated rings. The highest BCUT2D eigenvalue weighted by Crippen LogP contribution is 2.27. The monoisotopic (exact) mass is 692 g/mol. The minimum Gasteiger partial charge on any atom is -0.357 e. The van der Waals surface area contributed by atoms with Gasteiger partial charge in [-0.05, 0) is 37.3 Å². The van der Waals surface area contributed by atoms with Crippen LogP contribution in [0.5, 0.6) is 0 Å². The summed E-state index contributed by atoms with van der Waals surface area (Å²) < 4.78 is 122. The number of halogens is 2. The fourth-order valence-corrected chi connectivity index (χ4v) is 4.97. The Labute approximate surface area is 253 Å². The maximum absolute atomic E-state index is 13.4. The highest BCUT2D eigenvalue weighted by molar-refractivity contribution is 7.86. The van der Waals surface area contributed by atoms with E-state index in [0.717, 1.165) is 12.1 Å². The lowest BCUT2D eigenvalue weighted by Crippen LogP contribution is -2.11. The van der Waals surface area contributed by atoms with Gasteiger partial charge in [-0.3, -0.25) is 13.7 Å². The van der Waals surface area contributed by atoms with E-state index in [4.69, 9.17) is 9.11 Å². The molecule has 0 atom stereocenters. The number of aromatic nitrogens is 6. The number of anilines is 6. The molecule has 7 N–H and O–H groups in total. The molecule has 0 saturated carbocycles.